The molecule has 0 aliphatic rings. The molecule has 1 unspecified atom stereocenters. The number of methoxy groups -OCH3 is 2. The number of hydrogen-bond acceptors (Lipinski definition) is 7. The van der Waals surface area contributed by atoms with Crippen LogP contribution in [0.2, 0.25) is 0 Å². The third-order valence-electron chi connectivity index (χ3n) is 7.84. The first-order chi connectivity index (χ1) is 25.4. The van der Waals surface area contributed by atoms with Gasteiger partial charge in [-0.15, -0.1) is 11.8 Å². The van der Waals surface area contributed by atoms with Gasteiger partial charge in [-0.2, -0.15) is 0 Å². The number of thioether (sulfide) groups is 1. The van der Waals surface area contributed by atoms with Crippen molar-refractivity contribution in [1.29, 1.82) is 0 Å². The molecule has 3 N–H and O–H groups in total. The molecule has 10 heteroatoms. The third-order valence-corrected chi connectivity index (χ3v) is 9.09. The van der Waals surface area contributed by atoms with Crippen LogP contribution >= 0.6 is 11.8 Å². The Balaban J connectivity index is 1.37. The first kappa shape index (κ1) is 37.3. The predicted octanol–water partition coefficient (Wildman–Crippen LogP) is 8.76. The Labute approximate surface area is 308 Å². The van der Waals surface area contributed by atoms with Crippen LogP contribution in [0.3, 0.4) is 0 Å². The highest BCUT2D eigenvalue weighted by molar-refractivity contribution is 8.00. The third kappa shape index (κ3) is 10.5. The molecule has 5 aromatic carbocycles. The number of carbonyl (C=O) groups excluding carboxylic acids is 3. The quantitative estimate of drug-likeness (QED) is 0.0532. The standard InChI is InChI=1S/C42H41N3O6S/c1-4-5-25-51-34-21-19-32(20-22-34)43-42(48)39(29-13-8-6-9-14-29)52-36-18-12-17-33(28-36)44-41(47)37(45-40(46)30-15-10-7-11-16-30)27-31-26-35(49-2)23-24-38(31)50-3/h6-24,26-28,39H,4-5,25H2,1-3H3,(H,43,48)(H,44,47)(H,45,46)/b37-27+. The van der Waals surface area contributed by atoms with Crippen molar-refractivity contribution in [3.05, 3.63) is 150 Å². The monoisotopic (exact) mass is 715 g/mol. The maximum atomic E-state index is 13.9. The van der Waals surface area contributed by atoms with Gasteiger partial charge in [0.25, 0.3) is 11.8 Å². The minimum absolute atomic E-state index is 0.0122. The molecule has 0 aromatic heterocycles. The summed E-state index contributed by atoms with van der Waals surface area (Å²) in [7, 11) is 3.06. The Kier molecular flexibility index (Phi) is 13.5. The van der Waals surface area contributed by atoms with Crippen LogP contribution in [0.5, 0.6) is 17.2 Å². The highest BCUT2D eigenvalue weighted by Gasteiger charge is 2.23. The first-order valence-corrected chi connectivity index (χ1v) is 17.7. The Morgan fingerprint density at radius 3 is 2.13 bits per heavy atom. The molecule has 1 atom stereocenters. The van der Waals surface area contributed by atoms with Crippen molar-refractivity contribution >= 4 is 46.9 Å². The second-order valence-corrected chi connectivity index (χ2v) is 12.8. The van der Waals surface area contributed by atoms with Gasteiger partial charge in [-0.1, -0.05) is 67.9 Å². The zero-order valence-electron chi connectivity index (χ0n) is 29.3. The summed E-state index contributed by atoms with van der Waals surface area (Å²) in [4.78, 5) is 41.6. The number of ether oxygens (including phenoxy) is 3. The largest absolute Gasteiger partial charge is 0.497 e. The van der Waals surface area contributed by atoms with Crippen LogP contribution in [0, 0.1) is 0 Å². The summed E-state index contributed by atoms with van der Waals surface area (Å²) in [5, 5.41) is 8.11. The fourth-order valence-electron chi connectivity index (χ4n) is 5.11. The molecule has 0 saturated carbocycles. The molecule has 5 rings (SSSR count). The lowest BCUT2D eigenvalue weighted by Crippen LogP contribution is -2.30. The van der Waals surface area contributed by atoms with E-state index in [0.29, 0.717) is 40.6 Å². The van der Waals surface area contributed by atoms with Gasteiger partial charge in [0.15, 0.2) is 0 Å². The molecular weight excluding hydrogens is 675 g/mol. The van der Waals surface area contributed by atoms with E-state index < -0.39 is 17.1 Å². The average molecular weight is 716 g/mol. The molecule has 266 valence electrons. The Hall–Kier alpha value is -6.00. The maximum absolute atomic E-state index is 13.9. The van der Waals surface area contributed by atoms with Crippen LogP contribution in [-0.2, 0) is 9.59 Å². The average Bonchev–Trinajstić information content (AvgIpc) is 3.18. The fraction of sp³-hybridized carbons (Fsp3) is 0.167. The summed E-state index contributed by atoms with van der Waals surface area (Å²) < 4.78 is 16.7. The molecule has 0 bridgehead atoms. The number of carbonyl (C=O) groups is 3. The van der Waals surface area contributed by atoms with Crippen molar-refractivity contribution in [1.82, 2.24) is 5.32 Å². The van der Waals surface area contributed by atoms with Gasteiger partial charge in [0.05, 0.1) is 20.8 Å². The molecule has 3 amide bonds. The summed E-state index contributed by atoms with van der Waals surface area (Å²) in [5.41, 5.74) is 2.85. The summed E-state index contributed by atoms with van der Waals surface area (Å²) in [6.07, 6.45) is 3.56. The molecule has 0 aliphatic carbocycles. The molecule has 0 heterocycles. The molecule has 0 spiro atoms. The van der Waals surface area contributed by atoms with E-state index in [9.17, 15) is 14.4 Å². The van der Waals surface area contributed by atoms with Gasteiger partial charge in [-0.05, 0) is 90.9 Å². The number of nitrogens with one attached hydrogen (secondary N) is 3. The van der Waals surface area contributed by atoms with E-state index in [1.165, 1.54) is 24.9 Å². The fourth-order valence-corrected chi connectivity index (χ4v) is 6.19. The highest BCUT2D eigenvalue weighted by Crippen LogP contribution is 2.37. The Morgan fingerprint density at radius 2 is 1.44 bits per heavy atom. The van der Waals surface area contributed by atoms with E-state index in [1.807, 2.05) is 60.7 Å². The van der Waals surface area contributed by atoms with E-state index >= 15 is 0 Å². The summed E-state index contributed by atoms with van der Waals surface area (Å²) in [6.45, 7) is 2.76. The number of hydrogen-bond donors (Lipinski definition) is 3. The normalized spacial score (nSPS) is 11.6. The number of amides is 3. The van der Waals surface area contributed by atoms with Crippen LogP contribution < -0.4 is 30.2 Å². The number of unbranched alkanes of at least 4 members (excludes halogenated alkanes) is 1. The van der Waals surface area contributed by atoms with Crippen LogP contribution in [0.25, 0.3) is 6.08 Å². The smallest absolute Gasteiger partial charge is 0.272 e. The second-order valence-electron chi connectivity index (χ2n) is 11.6. The lowest BCUT2D eigenvalue weighted by atomic mass is 10.1. The molecule has 9 nitrogen and oxygen atoms in total. The number of benzene rings is 5. The lowest BCUT2D eigenvalue weighted by molar-refractivity contribution is -0.116. The topological polar surface area (TPSA) is 115 Å². The zero-order valence-corrected chi connectivity index (χ0v) is 30.1. The van der Waals surface area contributed by atoms with E-state index in [-0.39, 0.29) is 11.6 Å². The van der Waals surface area contributed by atoms with Gasteiger partial charge < -0.3 is 30.2 Å². The van der Waals surface area contributed by atoms with E-state index in [4.69, 9.17) is 14.2 Å². The van der Waals surface area contributed by atoms with Crippen LogP contribution in [0.1, 0.15) is 46.5 Å². The number of rotatable bonds is 16. The molecule has 0 fully saturated rings. The van der Waals surface area contributed by atoms with Crippen molar-refractivity contribution in [3.8, 4) is 17.2 Å². The van der Waals surface area contributed by atoms with E-state index in [1.54, 1.807) is 73.8 Å². The zero-order chi connectivity index (χ0) is 36.7. The molecule has 52 heavy (non-hydrogen) atoms. The predicted molar refractivity (Wildman–Crippen MR) is 207 cm³/mol. The summed E-state index contributed by atoms with van der Waals surface area (Å²) in [5.74, 6) is 0.571. The number of anilines is 2. The van der Waals surface area contributed by atoms with Gasteiger partial charge in [-0.3, -0.25) is 14.4 Å². The minimum Gasteiger partial charge on any atom is -0.497 e. The van der Waals surface area contributed by atoms with Crippen molar-refractivity contribution in [2.45, 2.75) is 29.9 Å². The van der Waals surface area contributed by atoms with Crippen molar-refractivity contribution in [2.75, 3.05) is 31.5 Å². The SMILES string of the molecule is CCCCOc1ccc(NC(=O)C(Sc2cccc(NC(=O)/C(=C\c3cc(OC)ccc3OC)NC(=O)c3ccccc3)c2)c2ccccc2)cc1. The Bertz CT molecular complexity index is 1980. The van der Waals surface area contributed by atoms with Gasteiger partial charge in [-0.25, -0.2) is 0 Å². The molecule has 0 aliphatic heterocycles. The van der Waals surface area contributed by atoms with E-state index in [2.05, 4.69) is 22.9 Å². The van der Waals surface area contributed by atoms with Crippen molar-refractivity contribution in [3.63, 3.8) is 0 Å². The van der Waals surface area contributed by atoms with Gasteiger partial charge in [0.2, 0.25) is 5.91 Å². The summed E-state index contributed by atoms with van der Waals surface area (Å²) >= 11 is 1.35. The summed E-state index contributed by atoms with van der Waals surface area (Å²) in [6, 6.07) is 37.8. The first-order valence-electron chi connectivity index (χ1n) is 16.8. The maximum Gasteiger partial charge on any atom is 0.272 e. The van der Waals surface area contributed by atoms with Crippen molar-refractivity contribution < 1.29 is 28.6 Å². The highest BCUT2D eigenvalue weighted by atomic mass is 32.2. The molecular formula is C42H41N3O6S. The van der Waals surface area contributed by atoms with Crippen LogP contribution in [-0.4, -0.2) is 38.5 Å². The van der Waals surface area contributed by atoms with Gasteiger partial charge in [0.1, 0.15) is 28.2 Å². The molecule has 0 radical (unpaired) electrons. The van der Waals surface area contributed by atoms with Crippen molar-refractivity contribution in [2.24, 2.45) is 0 Å². The minimum atomic E-state index is -0.603. The molecule has 0 saturated heterocycles. The van der Waals surface area contributed by atoms with Gasteiger partial charge in [0, 0.05) is 27.4 Å². The van der Waals surface area contributed by atoms with Gasteiger partial charge >= 0.3 is 0 Å². The van der Waals surface area contributed by atoms with Crippen LogP contribution in [0.15, 0.2) is 138 Å². The lowest BCUT2D eigenvalue weighted by Gasteiger charge is -2.18. The molecule has 5 aromatic rings. The Morgan fingerprint density at radius 1 is 0.731 bits per heavy atom. The second kappa shape index (κ2) is 18.8. The van der Waals surface area contributed by atoms with Crippen LogP contribution in [0.4, 0.5) is 11.4 Å². The van der Waals surface area contributed by atoms with E-state index in [0.717, 1.165) is 29.1 Å².